The fourth-order valence-electron chi connectivity index (χ4n) is 3.05. The number of carbonyl (C=O) groups excluding carboxylic acids is 2. The van der Waals surface area contributed by atoms with E-state index < -0.39 is 5.97 Å². The Morgan fingerprint density at radius 3 is 2.75 bits per heavy atom. The summed E-state index contributed by atoms with van der Waals surface area (Å²) in [4.78, 5) is 44.7. The molecule has 3 rings (SSSR count). The molecule has 0 aliphatic rings. The Morgan fingerprint density at radius 2 is 2.08 bits per heavy atom. The highest BCUT2D eigenvalue weighted by Gasteiger charge is 2.21. The van der Waals surface area contributed by atoms with Gasteiger partial charge in [-0.2, -0.15) is 0 Å². The smallest absolute Gasteiger partial charge is 0.300 e. The number of hydrogen-bond donors (Lipinski definition) is 2. The number of benzene rings is 1. The van der Waals surface area contributed by atoms with Crippen LogP contribution in [0.5, 0.6) is 0 Å². The fourth-order valence-corrected chi connectivity index (χ4v) is 4.14. The van der Waals surface area contributed by atoms with E-state index in [1.54, 1.807) is 24.5 Å². The number of carboxylic acids is 1. The summed E-state index contributed by atoms with van der Waals surface area (Å²) in [5, 5.41) is 11.5. The lowest BCUT2D eigenvalue weighted by molar-refractivity contribution is -0.134. The second-order valence-electron chi connectivity index (χ2n) is 7.60. The first kappa shape index (κ1) is 29.0. The van der Waals surface area contributed by atoms with Gasteiger partial charge in [0.05, 0.1) is 25.6 Å². The number of rotatable bonds is 12. The van der Waals surface area contributed by atoms with E-state index >= 15 is 0 Å². The van der Waals surface area contributed by atoms with Crippen molar-refractivity contribution in [2.24, 2.45) is 0 Å². The molecule has 1 aromatic carbocycles. The number of aromatic nitrogens is 3. The van der Waals surface area contributed by atoms with Gasteiger partial charge in [0.1, 0.15) is 4.88 Å². The van der Waals surface area contributed by atoms with E-state index in [1.807, 2.05) is 35.0 Å². The van der Waals surface area contributed by atoms with E-state index in [0.29, 0.717) is 41.1 Å². The zero-order chi connectivity index (χ0) is 26.3. The van der Waals surface area contributed by atoms with E-state index in [0.717, 1.165) is 25.5 Å². The molecule has 0 saturated carbocycles. The second-order valence-corrected chi connectivity index (χ2v) is 9.05. The van der Waals surface area contributed by atoms with E-state index in [-0.39, 0.29) is 18.2 Å². The van der Waals surface area contributed by atoms with Crippen LogP contribution in [0.25, 0.3) is 0 Å². The van der Waals surface area contributed by atoms with Crippen molar-refractivity contribution in [1.82, 2.24) is 19.9 Å². The maximum atomic E-state index is 12.8. The van der Waals surface area contributed by atoms with Gasteiger partial charge in [-0.15, -0.1) is 0 Å². The zero-order valence-electron chi connectivity index (χ0n) is 20.2. The summed E-state index contributed by atoms with van der Waals surface area (Å²) in [7, 11) is 1.56. The van der Waals surface area contributed by atoms with Gasteiger partial charge in [0, 0.05) is 51.1 Å². The standard InChI is InChI=1S/C22H26ClN5O3S.C2H4O2/c1-31-13-7-20(29)28(11-6-17-4-2-5-18(23)14-17)22-26-15-19(32-22)21(30)25-8-3-10-27-12-9-24-16-27;1-2(3)4/h2,4-5,9,12,14-16H,3,6-8,10-11,13H2,1H3,(H,25,30);1H3,(H,3,4). The van der Waals surface area contributed by atoms with Crippen molar-refractivity contribution in [3.63, 3.8) is 0 Å². The summed E-state index contributed by atoms with van der Waals surface area (Å²) in [6.07, 6.45) is 8.52. The number of thiazole rings is 1. The predicted octanol–water partition coefficient (Wildman–Crippen LogP) is 3.52. The minimum atomic E-state index is -0.833. The first-order valence-electron chi connectivity index (χ1n) is 11.2. The molecule has 0 atom stereocenters. The van der Waals surface area contributed by atoms with Gasteiger partial charge in [-0.05, 0) is 30.5 Å². The molecule has 0 aliphatic heterocycles. The summed E-state index contributed by atoms with van der Waals surface area (Å²) >= 11 is 7.28. The Bertz CT molecular complexity index is 1100. The largest absolute Gasteiger partial charge is 0.481 e. The minimum absolute atomic E-state index is 0.101. The molecule has 12 heteroatoms. The number of carboxylic acid groups (broad SMARTS) is 1. The molecule has 0 fully saturated rings. The third kappa shape index (κ3) is 10.5. The monoisotopic (exact) mass is 535 g/mol. The molecule has 0 radical (unpaired) electrons. The molecule has 10 nitrogen and oxygen atoms in total. The molecule has 194 valence electrons. The van der Waals surface area contributed by atoms with Crippen LogP contribution in [0.2, 0.25) is 5.02 Å². The van der Waals surface area contributed by atoms with E-state index in [2.05, 4.69) is 15.3 Å². The number of halogens is 1. The Labute approximate surface area is 218 Å². The number of aliphatic carboxylic acids is 1. The molecule has 2 N–H and O–H groups in total. The molecular weight excluding hydrogens is 506 g/mol. The SMILES string of the molecule is CC(=O)O.COCCC(=O)N(CCc1cccc(Cl)c1)c1ncc(C(=O)NCCCn2ccnc2)s1. The van der Waals surface area contributed by atoms with Gasteiger partial charge in [-0.1, -0.05) is 35.1 Å². The van der Waals surface area contributed by atoms with Crippen LogP contribution in [0.3, 0.4) is 0 Å². The van der Waals surface area contributed by atoms with Gasteiger partial charge >= 0.3 is 0 Å². The van der Waals surface area contributed by atoms with Gasteiger partial charge in [0.15, 0.2) is 5.13 Å². The molecule has 0 saturated heterocycles. The van der Waals surface area contributed by atoms with Gasteiger partial charge < -0.3 is 19.7 Å². The predicted molar refractivity (Wildman–Crippen MR) is 139 cm³/mol. The average Bonchev–Trinajstić information content (AvgIpc) is 3.53. The number of anilines is 1. The number of ether oxygens (including phenoxy) is 1. The highest BCUT2D eigenvalue weighted by molar-refractivity contribution is 7.17. The lowest BCUT2D eigenvalue weighted by Crippen LogP contribution is -2.33. The molecule has 2 heterocycles. The first-order chi connectivity index (χ1) is 17.3. The van der Waals surface area contributed by atoms with Crippen LogP contribution in [0.4, 0.5) is 5.13 Å². The van der Waals surface area contributed by atoms with Gasteiger partial charge in [-0.3, -0.25) is 19.3 Å². The number of amides is 2. The number of hydrogen-bond acceptors (Lipinski definition) is 7. The molecule has 0 bridgehead atoms. The van der Waals surface area contributed by atoms with Crippen molar-refractivity contribution in [1.29, 1.82) is 0 Å². The number of carbonyl (C=O) groups is 3. The maximum Gasteiger partial charge on any atom is 0.300 e. The lowest BCUT2D eigenvalue weighted by atomic mass is 10.1. The molecule has 2 aromatic heterocycles. The Balaban J connectivity index is 0.00000106. The lowest BCUT2D eigenvalue weighted by Gasteiger charge is -2.20. The Kier molecular flexibility index (Phi) is 12.6. The summed E-state index contributed by atoms with van der Waals surface area (Å²) in [5.41, 5.74) is 1.02. The summed E-state index contributed by atoms with van der Waals surface area (Å²) in [6.45, 7) is 3.15. The third-order valence-electron chi connectivity index (χ3n) is 4.72. The van der Waals surface area contributed by atoms with Crippen molar-refractivity contribution < 1.29 is 24.2 Å². The van der Waals surface area contributed by atoms with Crippen LogP contribution in [0.1, 0.15) is 35.0 Å². The van der Waals surface area contributed by atoms with Crippen molar-refractivity contribution in [2.75, 3.05) is 31.7 Å². The quantitative estimate of drug-likeness (QED) is 0.340. The zero-order valence-corrected chi connectivity index (χ0v) is 21.8. The summed E-state index contributed by atoms with van der Waals surface area (Å²) in [5.74, 6) is -1.13. The van der Waals surface area contributed by atoms with E-state index in [9.17, 15) is 9.59 Å². The van der Waals surface area contributed by atoms with Crippen molar-refractivity contribution in [3.8, 4) is 0 Å². The van der Waals surface area contributed by atoms with Crippen LogP contribution in [-0.4, -0.2) is 64.2 Å². The van der Waals surface area contributed by atoms with E-state index in [1.165, 1.54) is 17.5 Å². The number of aryl methyl sites for hydroxylation is 1. The van der Waals surface area contributed by atoms with Crippen LogP contribution < -0.4 is 10.2 Å². The summed E-state index contributed by atoms with van der Waals surface area (Å²) in [6, 6.07) is 7.54. The molecule has 0 unspecified atom stereocenters. The molecule has 0 aliphatic carbocycles. The average molecular weight is 536 g/mol. The number of methoxy groups -OCH3 is 1. The highest BCUT2D eigenvalue weighted by Crippen LogP contribution is 2.24. The molecular formula is C24H30ClN5O5S. The topological polar surface area (TPSA) is 127 Å². The minimum Gasteiger partial charge on any atom is -0.481 e. The van der Waals surface area contributed by atoms with Crippen molar-refractivity contribution in [3.05, 3.63) is 64.6 Å². The molecule has 0 spiro atoms. The van der Waals surface area contributed by atoms with E-state index in [4.69, 9.17) is 26.2 Å². The second kappa shape index (κ2) is 15.7. The third-order valence-corrected chi connectivity index (χ3v) is 5.97. The fraction of sp³-hybridized carbons (Fsp3) is 0.375. The Hall–Kier alpha value is -3.28. The van der Waals surface area contributed by atoms with Crippen LogP contribution in [-0.2, 0) is 27.3 Å². The van der Waals surface area contributed by atoms with Crippen LogP contribution >= 0.6 is 22.9 Å². The number of nitrogens with one attached hydrogen (secondary N) is 1. The van der Waals surface area contributed by atoms with Crippen LogP contribution in [0.15, 0.2) is 49.2 Å². The maximum absolute atomic E-state index is 12.8. The normalized spacial score (nSPS) is 10.3. The highest BCUT2D eigenvalue weighted by atomic mass is 35.5. The molecule has 2 amide bonds. The number of nitrogens with zero attached hydrogens (tertiary/aromatic N) is 4. The van der Waals surface area contributed by atoms with Crippen molar-refractivity contribution in [2.45, 2.75) is 32.7 Å². The number of imidazole rings is 1. The van der Waals surface area contributed by atoms with Gasteiger partial charge in [0.2, 0.25) is 5.91 Å². The first-order valence-corrected chi connectivity index (χ1v) is 12.4. The summed E-state index contributed by atoms with van der Waals surface area (Å²) < 4.78 is 7.01. The molecule has 3 aromatic rings. The van der Waals surface area contributed by atoms with Crippen LogP contribution in [0, 0.1) is 0 Å². The molecule has 36 heavy (non-hydrogen) atoms. The van der Waals surface area contributed by atoms with Crippen molar-refractivity contribution >= 4 is 45.9 Å². The Morgan fingerprint density at radius 1 is 1.31 bits per heavy atom. The van der Waals surface area contributed by atoms with Gasteiger partial charge in [0.25, 0.3) is 11.9 Å². The van der Waals surface area contributed by atoms with Gasteiger partial charge in [-0.25, -0.2) is 9.97 Å².